The zero-order valence-electron chi connectivity index (χ0n) is 16.5. The number of carbonyl (C=O) groups is 1. The first-order valence-corrected chi connectivity index (χ1v) is 9.35. The largest absolute Gasteiger partial charge is 0.346 e. The Labute approximate surface area is 168 Å². The van der Waals surface area contributed by atoms with E-state index in [1.54, 1.807) is 30.3 Å². The average Bonchev–Trinajstić information content (AvgIpc) is 3.11. The van der Waals surface area contributed by atoms with Gasteiger partial charge in [0.25, 0.3) is 5.91 Å². The van der Waals surface area contributed by atoms with E-state index in [2.05, 4.69) is 15.4 Å². The number of aromatic nitrogens is 3. The van der Waals surface area contributed by atoms with Crippen molar-refractivity contribution < 1.29 is 9.18 Å². The van der Waals surface area contributed by atoms with E-state index in [1.807, 2.05) is 51.1 Å². The summed E-state index contributed by atoms with van der Waals surface area (Å²) in [7, 11) is 0. The summed E-state index contributed by atoms with van der Waals surface area (Å²) in [5, 5.41) is 7.54. The quantitative estimate of drug-likeness (QED) is 0.552. The highest BCUT2D eigenvalue weighted by Crippen LogP contribution is 2.25. The molecule has 2 aromatic carbocycles. The first-order chi connectivity index (χ1) is 13.8. The standard InChI is InChI=1S/C23H21FN4O/c1-23(2,3)26-22(29)20-13-19(16-11-7-8-12-17(16)24)25-21-14-18(27-28(20)21)15-9-5-4-6-10-15/h4-14H,1-3H3,(H,26,29). The van der Waals surface area contributed by atoms with Crippen molar-refractivity contribution in [2.45, 2.75) is 26.3 Å². The summed E-state index contributed by atoms with van der Waals surface area (Å²) in [5.74, 6) is -0.695. The van der Waals surface area contributed by atoms with Gasteiger partial charge in [0.2, 0.25) is 0 Å². The molecular weight excluding hydrogens is 367 g/mol. The maximum absolute atomic E-state index is 14.4. The molecule has 0 atom stereocenters. The first kappa shape index (κ1) is 18.8. The third kappa shape index (κ3) is 3.87. The predicted octanol–water partition coefficient (Wildman–Crippen LogP) is 4.73. The van der Waals surface area contributed by atoms with Gasteiger partial charge in [0.1, 0.15) is 11.5 Å². The van der Waals surface area contributed by atoms with Crippen molar-refractivity contribution in [1.82, 2.24) is 19.9 Å². The third-order valence-corrected chi connectivity index (χ3v) is 4.37. The molecular formula is C23H21FN4O. The van der Waals surface area contributed by atoms with Crippen molar-refractivity contribution in [3.05, 3.63) is 78.2 Å². The van der Waals surface area contributed by atoms with Crippen molar-refractivity contribution in [3.8, 4) is 22.5 Å². The summed E-state index contributed by atoms with van der Waals surface area (Å²) in [6.45, 7) is 5.71. The molecule has 0 fully saturated rings. The van der Waals surface area contributed by atoms with Gasteiger partial charge in [-0.1, -0.05) is 42.5 Å². The summed E-state index contributed by atoms with van der Waals surface area (Å²) >= 11 is 0. The topological polar surface area (TPSA) is 59.3 Å². The van der Waals surface area contributed by atoms with Gasteiger partial charge in [-0.15, -0.1) is 0 Å². The Morgan fingerprint density at radius 1 is 0.966 bits per heavy atom. The zero-order valence-corrected chi connectivity index (χ0v) is 16.5. The molecule has 0 spiro atoms. The summed E-state index contributed by atoms with van der Waals surface area (Å²) in [6, 6.07) is 19.4. The maximum Gasteiger partial charge on any atom is 0.270 e. The second-order valence-corrected chi connectivity index (χ2v) is 7.88. The van der Waals surface area contributed by atoms with E-state index in [0.29, 0.717) is 28.3 Å². The number of nitrogens with zero attached hydrogens (tertiary/aromatic N) is 3. The molecule has 0 aliphatic heterocycles. The van der Waals surface area contributed by atoms with Crippen LogP contribution in [0.2, 0.25) is 0 Å². The summed E-state index contributed by atoms with van der Waals surface area (Å²) in [5.41, 5.74) is 2.66. The van der Waals surface area contributed by atoms with Crippen LogP contribution in [0.15, 0.2) is 66.7 Å². The monoisotopic (exact) mass is 388 g/mol. The van der Waals surface area contributed by atoms with Gasteiger partial charge in [-0.2, -0.15) is 5.10 Å². The third-order valence-electron chi connectivity index (χ3n) is 4.37. The number of hydrogen-bond acceptors (Lipinski definition) is 3. The highest BCUT2D eigenvalue weighted by Gasteiger charge is 2.21. The Balaban J connectivity index is 1.93. The number of fused-ring (bicyclic) bond motifs is 1. The molecule has 1 amide bonds. The van der Waals surface area contributed by atoms with Gasteiger partial charge < -0.3 is 5.32 Å². The highest BCUT2D eigenvalue weighted by atomic mass is 19.1. The molecule has 0 aliphatic rings. The van der Waals surface area contributed by atoms with Gasteiger partial charge in [-0.25, -0.2) is 13.9 Å². The lowest BCUT2D eigenvalue weighted by atomic mass is 10.1. The van der Waals surface area contributed by atoms with Crippen LogP contribution in [0.3, 0.4) is 0 Å². The zero-order chi connectivity index (χ0) is 20.6. The van der Waals surface area contributed by atoms with Crippen LogP contribution in [0.4, 0.5) is 4.39 Å². The lowest BCUT2D eigenvalue weighted by Crippen LogP contribution is -2.41. The molecule has 0 aliphatic carbocycles. The molecule has 0 unspecified atom stereocenters. The van der Waals surface area contributed by atoms with E-state index >= 15 is 0 Å². The van der Waals surface area contributed by atoms with Crippen LogP contribution >= 0.6 is 0 Å². The van der Waals surface area contributed by atoms with Crippen molar-refractivity contribution in [3.63, 3.8) is 0 Å². The second-order valence-electron chi connectivity index (χ2n) is 7.88. The van der Waals surface area contributed by atoms with Crippen LogP contribution in [-0.4, -0.2) is 26.0 Å². The minimum absolute atomic E-state index is 0.297. The Hall–Kier alpha value is -3.54. The molecule has 29 heavy (non-hydrogen) atoms. The van der Waals surface area contributed by atoms with Crippen LogP contribution in [0.25, 0.3) is 28.2 Å². The summed E-state index contributed by atoms with van der Waals surface area (Å²) < 4.78 is 15.9. The maximum atomic E-state index is 14.4. The van der Waals surface area contributed by atoms with Crippen LogP contribution in [-0.2, 0) is 0 Å². The van der Waals surface area contributed by atoms with Crippen LogP contribution in [0.1, 0.15) is 31.3 Å². The number of nitrogens with one attached hydrogen (secondary N) is 1. The van der Waals surface area contributed by atoms with Gasteiger partial charge >= 0.3 is 0 Å². The highest BCUT2D eigenvalue weighted by molar-refractivity contribution is 5.95. The molecule has 0 radical (unpaired) electrons. The molecule has 0 saturated carbocycles. The molecule has 2 aromatic heterocycles. The van der Waals surface area contributed by atoms with E-state index in [9.17, 15) is 9.18 Å². The number of hydrogen-bond donors (Lipinski definition) is 1. The van der Waals surface area contributed by atoms with E-state index in [0.717, 1.165) is 5.56 Å². The molecule has 4 rings (SSSR count). The first-order valence-electron chi connectivity index (χ1n) is 9.35. The van der Waals surface area contributed by atoms with E-state index < -0.39 is 11.4 Å². The smallest absolute Gasteiger partial charge is 0.270 e. The molecule has 1 N–H and O–H groups in total. The van der Waals surface area contributed by atoms with Gasteiger partial charge in [-0.3, -0.25) is 4.79 Å². The fraction of sp³-hybridized carbons (Fsp3) is 0.174. The fourth-order valence-electron chi connectivity index (χ4n) is 3.10. The van der Waals surface area contributed by atoms with Gasteiger partial charge in [0.15, 0.2) is 5.65 Å². The van der Waals surface area contributed by atoms with Crippen LogP contribution < -0.4 is 5.32 Å². The van der Waals surface area contributed by atoms with Crippen LogP contribution in [0.5, 0.6) is 0 Å². The SMILES string of the molecule is CC(C)(C)NC(=O)c1cc(-c2ccccc2F)nc2cc(-c3ccccc3)nn12. The van der Waals surface area contributed by atoms with Crippen molar-refractivity contribution in [2.75, 3.05) is 0 Å². The predicted molar refractivity (Wildman–Crippen MR) is 111 cm³/mol. The molecule has 146 valence electrons. The van der Waals surface area contributed by atoms with E-state index in [1.165, 1.54) is 10.6 Å². The lowest BCUT2D eigenvalue weighted by Gasteiger charge is -2.20. The normalized spacial score (nSPS) is 11.6. The molecule has 6 heteroatoms. The van der Waals surface area contributed by atoms with E-state index in [4.69, 9.17) is 0 Å². The Bertz CT molecular complexity index is 1190. The number of halogens is 1. The van der Waals surface area contributed by atoms with E-state index in [-0.39, 0.29) is 5.91 Å². The molecule has 0 saturated heterocycles. The molecule has 4 aromatic rings. The second kappa shape index (κ2) is 7.13. The minimum atomic E-state index is -0.430. The van der Waals surface area contributed by atoms with Gasteiger partial charge in [-0.05, 0) is 39.0 Å². The van der Waals surface area contributed by atoms with Crippen molar-refractivity contribution in [2.24, 2.45) is 0 Å². The van der Waals surface area contributed by atoms with Crippen LogP contribution in [0, 0.1) is 5.82 Å². The molecule has 5 nitrogen and oxygen atoms in total. The Kier molecular flexibility index (Phi) is 4.62. The van der Waals surface area contributed by atoms with Gasteiger partial charge in [0.05, 0.1) is 11.4 Å². The number of rotatable bonds is 3. The van der Waals surface area contributed by atoms with Crippen molar-refractivity contribution in [1.29, 1.82) is 0 Å². The van der Waals surface area contributed by atoms with Gasteiger partial charge in [0, 0.05) is 22.7 Å². The summed E-state index contributed by atoms with van der Waals surface area (Å²) in [4.78, 5) is 17.6. The lowest BCUT2D eigenvalue weighted by molar-refractivity contribution is 0.0912. The fourth-order valence-corrected chi connectivity index (χ4v) is 3.10. The summed E-state index contributed by atoms with van der Waals surface area (Å²) in [6.07, 6.45) is 0. The Morgan fingerprint density at radius 3 is 2.34 bits per heavy atom. The average molecular weight is 388 g/mol. The number of benzene rings is 2. The number of amides is 1. The minimum Gasteiger partial charge on any atom is -0.346 e. The Morgan fingerprint density at radius 2 is 1.66 bits per heavy atom. The molecule has 0 bridgehead atoms. The van der Waals surface area contributed by atoms with Crippen molar-refractivity contribution >= 4 is 11.6 Å². The molecule has 2 heterocycles. The number of carbonyl (C=O) groups excluding carboxylic acids is 1.